The molecule has 1 fully saturated rings. The van der Waals surface area contributed by atoms with Crippen LogP contribution in [-0.4, -0.2) is 53.2 Å². The zero-order valence-corrected chi connectivity index (χ0v) is 21.2. The Bertz CT molecular complexity index is 1190. The van der Waals surface area contributed by atoms with Crippen molar-refractivity contribution < 1.29 is 19.1 Å². The van der Waals surface area contributed by atoms with Crippen LogP contribution in [-0.2, 0) is 4.74 Å². The first-order valence-corrected chi connectivity index (χ1v) is 12.3. The lowest BCUT2D eigenvalue weighted by Crippen LogP contribution is -2.54. The maximum Gasteiger partial charge on any atom is 0.410 e. The van der Waals surface area contributed by atoms with E-state index in [0.29, 0.717) is 41.1 Å². The average molecular weight is 495 g/mol. The summed E-state index contributed by atoms with van der Waals surface area (Å²) in [4.78, 5) is 33.7. The number of nitrogens with two attached hydrogens (primary N) is 1. The Kier molecular flexibility index (Phi) is 6.98. The van der Waals surface area contributed by atoms with Gasteiger partial charge in [-0.3, -0.25) is 4.79 Å². The molecule has 0 radical (unpaired) electrons. The van der Waals surface area contributed by atoms with Crippen molar-refractivity contribution in [3.05, 3.63) is 59.5 Å². The first kappa shape index (κ1) is 24.5. The van der Waals surface area contributed by atoms with Crippen molar-refractivity contribution in [3.63, 3.8) is 0 Å². The van der Waals surface area contributed by atoms with E-state index in [4.69, 9.17) is 20.2 Å². The number of ether oxygens (including phenoxy) is 2. The Balaban J connectivity index is 1.51. The van der Waals surface area contributed by atoms with Crippen LogP contribution in [0.1, 0.15) is 37.4 Å². The number of aromatic nitrogens is 1. The third kappa shape index (κ3) is 5.92. The van der Waals surface area contributed by atoms with Crippen molar-refractivity contribution >= 4 is 28.5 Å². The summed E-state index contributed by atoms with van der Waals surface area (Å²) in [7, 11) is 0. The van der Waals surface area contributed by atoms with E-state index in [9.17, 15) is 9.59 Å². The fourth-order valence-electron chi connectivity index (χ4n) is 3.83. The van der Waals surface area contributed by atoms with Crippen molar-refractivity contribution in [2.75, 3.05) is 24.5 Å². The SMILES string of the molecule is C[C@H]1CN(C(=O)OC(C)(C)C)CCN1c1nc(-c2ccc(Oc3ccccc3)cc2)c(C(N)=O)s1. The smallest absolute Gasteiger partial charge is 0.410 e. The Morgan fingerprint density at radius 1 is 1.03 bits per heavy atom. The van der Waals surface area contributed by atoms with Gasteiger partial charge in [-0.25, -0.2) is 9.78 Å². The molecule has 2 heterocycles. The molecule has 8 nitrogen and oxygen atoms in total. The molecule has 35 heavy (non-hydrogen) atoms. The molecule has 1 aliphatic rings. The number of primary amides is 1. The largest absolute Gasteiger partial charge is 0.457 e. The number of rotatable bonds is 5. The maximum absolute atomic E-state index is 12.5. The third-order valence-electron chi connectivity index (χ3n) is 5.47. The van der Waals surface area contributed by atoms with Gasteiger partial charge in [0.15, 0.2) is 5.13 Å². The van der Waals surface area contributed by atoms with Crippen LogP contribution in [0, 0.1) is 0 Å². The second-order valence-electron chi connectivity index (χ2n) is 9.45. The number of para-hydroxylation sites is 1. The van der Waals surface area contributed by atoms with Crippen LogP contribution in [0.25, 0.3) is 11.3 Å². The zero-order chi connectivity index (χ0) is 25.2. The van der Waals surface area contributed by atoms with E-state index < -0.39 is 11.5 Å². The van der Waals surface area contributed by atoms with Gasteiger partial charge in [-0.05, 0) is 64.1 Å². The van der Waals surface area contributed by atoms with Crippen molar-refractivity contribution in [2.24, 2.45) is 5.73 Å². The highest BCUT2D eigenvalue weighted by atomic mass is 32.1. The van der Waals surface area contributed by atoms with Gasteiger partial charge < -0.3 is 25.0 Å². The molecule has 0 unspecified atom stereocenters. The van der Waals surface area contributed by atoms with E-state index in [1.807, 2.05) is 82.3 Å². The van der Waals surface area contributed by atoms with Crippen molar-refractivity contribution in [1.29, 1.82) is 0 Å². The van der Waals surface area contributed by atoms with Gasteiger partial charge in [-0.15, -0.1) is 0 Å². The molecule has 3 aromatic rings. The summed E-state index contributed by atoms with van der Waals surface area (Å²) in [6.07, 6.45) is -0.320. The molecule has 0 spiro atoms. The van der Waals surface area contributed by atoms with Crippen LogP contribution in [0.2, 0.25) is 0 Å². The van der Waals surface area contributed by atoms with E-state index in [2.05, 4.69) is 4.90 Å². The standard InChI is InChI=1S/C26H30N4O4S/c1-17-16-29(25(32)34-26(2,3)4)14-15-30(17)24-28-21(22(35-24)23(27)31)18-10-12-20(13-11-18)33-19-8-6-5-7-9-19/h5-13,17H,14-16H2,1-4H3,(H2,27,31)/t17-/m0/s1. The molecule has 0 saturated carbocycles. The molecule has 1 aliphatic heterocycles. The number of hydrogen-bond donors (Lipinski definition) is 1. The number of carbonyl (C=O) groups excluding carboxylic acids is 2. The van der Waals surface area contributed by atoms with Crippen LogP contribution >= 0.6 is 11.3 Å². The summed E-state index contributed by atoms with van der Waals surface area (Å²) in [6.45, 7) is 9.17. The number of thiazole rings is 1. The van der Waals surface area contributed by atoms with Gasteiger partial charge >= 0.3 is 6.09 Å². The average Bonchev–Trinajstić information content (AvgIpc) is 3.24. The lowest BCUT2D eigenvalue weighted by molar-refractivity contribution is 0.0218. The minimum absolute atomic E-state index is 0.00218. The minimum atomic E-state index is -0.542. The number of carbonyl (C=O) groups is 2. The lowest BCUT2D eigenvalue weighted by atomic mass is 10.1. The van der Waals surface area contributed by atoms with Crippen LogP contribution in [0.15, 0.2) is 54.6 Å². The number of piperazine rings is 1. The topological polar surface area (TPSA) is 98.0 Å². The molecular weight excluding hydrogens is 464 g/mol. The summed E-state index contributed by atoms with van der Waals surface area (Å²) in [6, 6.07) is 16.9. The highest BCUT2D eigenvalue weighted by molar-refractivity contribution is 7.18. The Morgan fingerprint density at radius 3 is 2.29 bits per heavy atom. The van der Waals surface area contributed by atoms with Gasteiger partial charge in [0.05, 0.1) is 5.69 Å². The second kappa shape index (κ2) is 9.95. The number of anilines is 1. The quantitative estimate of drug-likeness (QED) is 0.527. The molecule has 2 N–H and O–H groups in total. The fraction of sp³-hybridized carbons (Fsp3) is 0.346. The maximum atomic E-state index is 12.5. The molecule has 1 saturated heterocycles. The van der Waals surface area contributed by atoms with Gasteiger partial charge in [-0.1, -0.05) is 29.5 Å². The molecule has 9 heteroatoms. The predicted octanol–water partition coefficient (Wildman–Crippen LogP) is 5.15. The Labute approximate surface area is 209 Å². The van der Waals surface area contributed by atoms with E-state index in [1.165, 1.54) is 11.3 Å². The molecule has 184 valence electrons. The summed E-state index contributed by atoms with van der Waals surface area (Å²) in [5.41, 5.74) is 6.49. The highest BCUT2D eigenvalue weighted by Gasteiger charge is 2.32. The first-order chi connectivity index (χ1) is 16.6. The van der Waals surface area contributed by atoms with Crippen molar-refractivity contribution in [3.8, 4) is 22.8 Å². The normalized spacial score (nSPS) is 16.2. The monoisotopic (exact) mass is 494 g/mol. The van der Waals surface area contributed by atoms with Crippen molar-refractivity contribution in [2.45, 2.75) is 39.3 Å². The Hall–Kier alpha value is -3.59. The molecule has 4 rings (SSSR count). The molecular formula is C26H30N4O4S. The number of benzene rings is 2. The van der Waals surface area contributed by atoms with E-state index in [0.717, 1.165) is 11.3 Å². The molecule has 0 bridgehead atoms. The molecule has 2 amide bonds. The van der Waals surface area contributed by atoms with E-state index in [-0.39, 0.29) is 12.1 Å². The fourth-order valence-corrected chi connectivity index (χ4v) is 4.90. The number of amides is 2. The summed E-state index contributed by atoms with van der Waals surface area (Å²) < 4.78 is 11.4. The highest BCUT2D eigenvalue weighted by Crippen LogP contribution is 2.35. The number of nitrogens with zero attached hydrogens (tertiary/aromatic N) is 3. The van der Waals surface area contributed by atoms with Gasteiger partial charge in [0, 0.05) is 31.2 Å². The van der Waals surface area contributed by atoms with Gasteiger partial charge in [0.25, 0.3) is 5.91 Å². The van der Waals surface area contributed by atoms with Gasteiger partial charge in [-0.2, -0.15) is 0 Å². The summed E-state index contributed by atoms with van der Waals surface area (Å²) in [5.74, 6) is 0.907. The van der Waals surface area contributed by atoms with Crippen molar-refractivity contribution in [1.82, 2.24) is 9.88 Å². The summed E-state index contributed by atoms with van der Waals surface area (Å²) >= 11 is 1.27. The van der Waals surface area contributed by atoms with Crippen LogP contribution in [0.3, 0.4) is 0 Å². The zero-order valence-electron chi connectivity index (χ0n) is 20.4. The molecule has 1 aromatic heterocycles. The van der Waals surface area contributed by atoms with E-state index in [1.54, 1.807) is 4.90 Å². The first-order valence-electron chi connectivity index (χ1n) is 11.5. The minimum Gasteiger partial charge on any atom is -0.457 e. The predicted molar refractivity (Wildman–Crippen MR) is 137 cm³/mol. The number of hydrogen-bond acceptors (Lipinski definition) is 7. The second-order valence-corrected chi connectivity index (χ2v) is 10.4. The van der Waals surface area contributed by atoms with Crippen LogP contribution in [0.5, 0.6) is 11.5 Å². The molecule has 1 atom stereocenters. The lowest BCUT2D eigenvalue weighted by Gasteiger charge is -2.40. The van der Waals surface area contributed by atoms with Crippen LogP contribution in [0.4, 0.5) is 9.93 Å². The molecule has 0 aliphatic carbocycles. The Morgan fingerprint density at radius 2 is 1.69 bits per heavy atom. The summed E-state index contributed by atoms with van der Waals surface area (Å²) in [5, 5.41) is 0.703. The van der Waals surface area contributed by atoms with Crippen LogP contribution < -0.4 is 15.4 Å². The third-order valence-corrected chi connectivity index (χ3v) is 6.58. The molecule has 2 aromatic carbocycles. The van der Waals surface area contributed by atoms with Gasteiger partial charge in [0.2, 0.25) is 0 Å². The van der Waals surface area contributed by atoms with Gasteiger partial charge in [0.1, 0.15) is 22.0 Å². The van der Waals surface area contributed by atoms with E-state index >= 15 is 0 Å².